The molecule has 0 unspecified atom stereocenters. The van der Waals surface area contributed by atoms with Crippen LogP contribution in [-0.2, 0) is 4.79 Å². The van der Waals surface area contributed by atoms with Crippen LogP contribution in [0.1, 0.15) is 26.7 Å². The third-order valence-electron chi connectivity index (χ3n) is 2.67. The van der Waals surface area contributed by atoms with Crippen LogP contribution in [0, 0.1) is 11.8 Å². The first-order valence-electron chi connectivity index (χ1n) is 6.16. The Morgan fingerprint density at radius 3 is 2.76 bits per heavy atom. The Bertz CT molecular complexity index is 382. The maximum absolute atomic E-state index is 11.5. The van der Waals surface area contributed by atoms with Crippen LogP contribution < -0.4 is 10.6 Å². The van der Waals surface area contributed by atoms with Crippen molar-refractivity contribution in [1.29, 1.82) is 0 Å². The summed E-state index contributed by atoms with van der Waals surface area (Å²) in [6.45, 7) is 5.20. The summed E-state index contributed by atoms with van der Waals surface area (Å²) in [6.07, 6.45) is 3.74. The molecule has 1 aliphatic carbocycles. The number of hydrogen-bond acceptors (Lipinski definition) is 3. The summed E-state index contributed by atoms with van der Waals surface area (Å²) >= 11 is 0. The molecular weight excluding hydrogens is 214 g/mol. The van der Waals surface area contributed by atoms with Crippen LogP contribution in [0.25, 0.3) is 0 Å². The van der Waals surface area contributed by atoms with Crippen molar-refractivity contribution in [3.8, 4) is 0 Å². The Morgan fingerprint density at radius 1 is 1.47 bits per heavy atom. The molecule has 0 saturated heterocycles. The van der Waals surface area contributed by atoms with Crippen LogP contribution in [-0.4, -0.2) is 17.4 Å². The van der Waals surface area contributed by atoms with E-state index in [2.05, 4.69) is 29.5 Å². The van der Waals surface area contributed by atoms with Gasteiger partial charge in [0.25, 0.3) is 0 Å². The summed E-state index contributed by atoms with van der Waals surface area (Å²) in [4.78, 5) is 15.8. The molecule has 2 rings (SSSR count). The van der Waals surface area contributed by atoms with Crippen molar-refractivity contribution in [3.05, 3.63) is 18.3 Å². The van der Waals surface area contributed by atoms with Crippen LogP contribution in [0.3, 0.4) is 0 Å². The number of aromatic nitrogens is 1. The van der Waals surface area contributed by atoms with Crippen molar-refractivity contribution in [2.45, 2.75) is 26.7 Å². The average molecular weight is 233 g/mol. The molecule has 1 aliphatic rings. The lowest BCUT2D eigenvalue weighted by atomic mass is 10.2. The van der Waals surface area contributed by atoms with Crippen molar-refractivity contribution in [2.24, 2.45) is 11.8 Å². The molecule has 17 heavy (non-hydrogen) atoms. The highest BCUT2D eigenvalue weighted by molar-refractivity contribution is 5.93. The highest BCUT2D eigenvalue weighted by Crippen LogP contribution is 2.30. The second kappa shape index (κ2) is 5.17. The number of rotatable bonds is 5. The van der Waals surface area contributed by atoms with Gasteiger partial charge in [-0.2, -0.15) is 0 Å². The first-order valence-corrected chi connectivity index (χ1v) is 6.16. The Balaban J connectivity index is 1.86. The van der Waals surface area contributed by atoms with Gasteiger partial charge >= 0.3 is 0 Å². The van der Waals surface area contributed by atoms with Gasteiger partial charge in [0, 0.05) is 12.5 Å². The van der Waals surface area contributed by atoms with E-state index >= 15 is 0 Å². The summed E-state index contributed by atoms with van der Waals surface area (Å²) in [7, 11) is 0. The maximum Gasteiger partial charge on any atom is 0.227 e. The summed E-state index contributed by atoms with van der Waals surface area (Å²) in [5.74, 6) is 1.79. The van der Waals surface area contributed by atoms with Gasteiger partial charge in [0.1, 0.15) is 5.82 Å². The number of anilines is 2. The third-order valence-corrected chi connectivity index (χ3v) is 2.67. The largest absolute Gasteiger partial charge is 0.370 e. The van der Waals surface area contributed by atoms with Gasteiger partial charge in [0.15, 0.2) is 0 Å². The summed E-state index contributed by atoms with van der Waals surface area (Å²) < 4.78 is 0. The van der Waals surface area contributed by atoms with Crippen molar-refractivity contribution >= 4 is 17.4 Å². The second-order valence-corrected chi connectivity index (χ2v) is 4.97. The number of carbonyl (C=O) groups is 1. The minimum absolute atomic E-state index is 0.120. The van der Waals surface area contributed by atoms with E-state index in [1.807, 2.05) is 12.1 Å². The second-order valence-electron chi connectivity index (χ2n) is 4.97. The fourth-order valence-corrected chi connectivity index (χ4v) is 1.47. The number of nitrogens with zero attached hydrogens (tertiary/aromatic N) is 1. The first-order chi connectivity index (χ1) is 8.15. The van der Waals surface area contributed by atoms with Crippen LogP contribution in [0.2, 0.25) is 0 Å². The molecule has 4 heteroatoms. The molecule has 1 heterocycles. The summed E-state index contributed by atoms with van der Waals surface area (Å²) in [5, 5.41) is 6.10. The zero-order valence-electron chi connectivity index (χ0n) is 10.4. The Hall–Kier alpha value is -1.58. The van der Waals surface area contributed by atoms with Crippen molar-refractivity contribution in [2.75, 3.05) is 17.2 Å². The SMILES string of the molecule is CC(C)CNc1ccc(NC(=O)C2CC2)cn1. The predicted molar refractivity (Wildman–Crippen MR) is 68.9 cm³/mol. The zero-order valence-corrected chi connectivity index (χ0v) is 10.4. The van der Waals surface area contributed by atoms with E-state index in [0.29, 0.717) is 5.92 Å². The fraction of sp³-hybridized carbons (Fsp3) is 0.538. The van der Waals surface area contributed by atoms with Gasteiger partial charge in [-0.25, -0.2) is 4.98 Å². The van der Waals surface area contributed by atoms with E-state index in [9.17, 15) is 4.79 Å². The standard InChI is InChI=1S/C13H19N3O/c1-9(2)7-14-12-6-5-11(8-15-12)16-13(17)10-3-4-10/h5-6,8-10H,3-4,7H2,1-2H3,(H,14,15)(H,16,17). The van der Waals surface area contributed by atoms with Crippen molar-refractivity contribution in [1.82, 2.24) is 4.98 Å². The lowest BCUT2D eigenvalue weighted by Gasteiger charge is -2.09. The molecule has 0 atom stereocenters. The fourth-order valence-electron chi connectivity index (χ4n) is 1.47. The quantitative estimate of drug-likeness (QED) is 0.821. The third kappa shape index (κ3) is 3.73. The van der Waals surface area contributed by atoms with Gasteiger partial charge in [0.05, 0.1) is 11.9 Å². The molecule has 1 saturated carbocycles. The van der Waals surface area contributed by atoms with E-state index in [0.717, 1.165) is 30.9 Å². The minimum Gasteiger partial charge on any atom is -0.370 e. The van der Waals surface area contributed by atoms with Gasteiger partial charge < -0.3 is 10.6 Å². The number of amides is 1. The normalized spacial score (nSPS) is 14.8. The van der Waals surface area contributed by atoms with Gasteiger partial charge in [-0.15, -0.1) is 0 Å². The molecule has 1 aromatic heterocycles. The van der Waals surface area contributed by atoms with E-state index in [1.54, 1.807) is 6.20 Å². The molecule has 0 spiro atoms. The monoisotopic (exact) mass is 233 g/mol. The van der Waals surface area contributed by atoms with Gasteiger partial charge in [-0.3, -0.25) is 4.79 Å². The Labute approximate surface area is 102 Å². The average Bonchev–Trinajstić information content (AvgIpc) is 3.12. The number of pyridine rings is 1. The number of nitrogens with one attached hydrogen (secondary N) is 2. The molecule has 1 fully saturated rings. The van der Waals surface area contributed by atoms with Gasteiger partial charge in [0.2, 0.25) is 5.91 Å². The molecule has 92 valence electrons. The molecule has 2 N–H and O–H groups in total. The molecule has 0 aliphatic heterocycles. The van der Waals surface area contributed by atoms with Crippen LogP contribution in [0.4, 0.5) is 11.5 Å². The van der Waals surface area contributed by atoms with Crippen LogP contribution >= 0.6 is 0 Å². The first kappa shape index (κ1) is 11.9. The molecule has 0 aromatic carbocycles. The zero-order chi connectivity index (χ0) is 12.3. The van der Waals surface area contributed by atoms with Crippen molar-refractivity contribution < 1.29 is 4.79 Å². The highest BCUT2D eigenvalue weighted by atomic mass is 16.2. The maximum atomic E-state index is 11.5. The van der Waals surface area contributed by atoms with E-state index < -0.39 is 0 Å². The lowest BCUT2D eigenvalue weighted by molar-refractivity contribution is -0.117. The van der Waals surface area contributed by atoms with Crippen LogP contribution in [0.5, 0.6) is 0 Å². The summed E-state index contributed by atoms with van der Waals surface area (Å²) in [5.41, 5.74) is 0.775. The van der Waals surface area contributed by atoms with Gasteiger partial charge in [-0.05, 0) is 30.9 Å². The molecule has 0 radical (unpaired) electrons. The Kier molecular flexibility index (Phi) is 3.61. The van der Waals surface area contributed by atoms with E-state index in [-0.39, 0.29) is 11.8 Å². The van der Waals surface area contributed by atoms with E-state index in [1.165, 1.54) is 0 Å². The predicted octanol–water partition coefficient (Wildman–Crippen LogP) is 2.50. The number of hydrogen-bond donors (Lipinski definition) is 2. The smallest absolute Gasteiger partial charge is 0.227 e. The molecule has 1 aromatic rings. The summed E-state index contributed by atoms with van der Waals surface area (Å²) in [6, 6.07) is 3.78. The topological polar surface area (TPSA) is 54.0 Å². The molecule has 4 nitrogen and oxygen atoms in total. The van der Waals surface area contributed by atoms with E-state index in [4.69, 9.17) is 0 Å². The molecular formula is C13H19N3O. The lowest BCUT2D eigenvalue weighted by Crippen LogP contribution is -2.14. The van der Waals surface area contributed by atoms with Crippen molar-refractivity contribution in [3.63, 3.8) is 0 Å². The number of carbonyl (C=O) groups excluding carboxylic acids is 1. The minimum atomic E-state index is 0.120. The van der Waals surface area contributed by atoms with Gasteiger partial charge in [-0.1, -0.05) is 13.8 Å². The molecule has 1 amide bonds. The molecule has 0 bridgehead atoms. The Morgan fingerprint density at radius 2 is 2.24 bits per heavy atom. The van der Waals surface area contributed by atoms with Crippen LogP contribution in [0.15, 0.2) is 18.3 Å². The highest BCUT2D eigenvalue weighted by Gasteiger charge is 2.29.